The standard InChI is InChI=1S/C24H24N4O6/c1-33-12-7-9-17(34-2)16(11-12)28-21(30)19-15(8-10-18(25)29)27-24(20(19)22(28)31)13-5-3-4-6-14(13)26-23(24)32/h3-7,9,11,15,19-20,27H,8,10H2,1-2H3,(H2,25,29)(H,26,32)/p+1/t15-,19+,20-,24+/m1/s1. The second-order valence-corrected chi connectivity index (χ2v) is 8.76. The Hall–Kier alpha value is -3.92. The van der Waals surface area contributed by atoms with Crippen LogP contribution in [0.25, 0.3) is 0 Å². The van der Waals surface area contributed by atoms with E-state index in [1.54, 1.807) is 47.8 Å². The van der Waals surface area contributed by atoms with Crippen LogP contribution in [-0.4, -0.2) is 43.9 Å². The summed E-state index contributed by atoms with van der Waals surface area (Å²) in [5.74, 6) is -2.81. The largest absolute Gasteiger partial charge is 0.497 e. The number of benzene rings is 2. The number of para-hydroxylation sites is 1. The van der Waals surface area contributed by atoms with Crippen molar-refractivity contribution < 1.29 is 34.0 Å². The van der Waals surface area contributed by atoms with E-state index < -0.39 is 41.1 Å². The van der Waals surface area contributed by atoms with Gasteiger partial charge < -0.3 is 25.8 Å². The monoisotopic (exact) mass is 465 g/mol. The van der Waals surface area contributed by atoms with E-state index in [2.05, 4.69) is 5.32 Å². The normalized spacial score (nSPS) is 27.1. The van der Waals surface area contributed by atoms with Crippen LogP contribution in [0.15, 0.2) is 42.5 Å². The van der Waals surface area contributed by atoms with Crippen molar-refractivity contribution in [3.63, 3.8) is 0 Å². The first kappa shape index (κ1) is 21.9. The highest BCUT2D eigenvalue weighted by molar-refractivity contribution is 6.25. The second kappa shape index (κ2) is 7.84. The number of nitrogens with two attached hydrogens (primary N) is 2. The van der Waals surface area contributed by atoms with E-state index in [9.17, 15) is 19.2 Å². The number of nitrogens with one attached hydrogen (secondary N) is 1. The Balaban J connectivity index is 1.66. The molecule has 2 fully saturated rings. The quantitative estimate of drug-likeness (QED) is 0.507. The number of amides is 4. The molecule has 2 saturated heterocycles. The van der Waals surface area contributed by atoms with Crippen molar-refractivity contribution in [1.29, 1.82) is 0 Å². The zero-order chi connectivity index (χ0) is 24.2. The fraction of sp³-hybridized carbons (Fsp3) is 0.333. The summed E-state index contributed by atoms with van der Waals surface area (Å²) >= 11 is 0. The number of carbonyl (C=O) groups excluding carboxylic acids is 4. The van der Waals surface area contributed by atoms with E-state index in [-0.39, 0.29) is 24.4 Å². The number of fused-ring (bicyclic) bond motifs is 4. The van der Waals surface area contributed by atoms with Crippen LogP contribution in [0.4, 0.5) is 11.4 Å². The average Bonchev–Trinajstić information content (AvgIpc) is 3.41. The highest BCUT2D eigenvalue weighted by Crippen LogP contribution is 2.51. The minimum Gasteiger partial charge on any atom is -0.497 e. The van der Waals surface area contributed by atoms with E-state index in [0.717, 1.165) is 4.90 Å². The van der Waals surface area contributed by atoms with Crippen LogP contribution in [0.5, 0.6) is 11.5 Å². The summed E-state index contributed by atoms with van der Waals surface area (Å²) < 4.78 is 10.7. The summed E-state index contributed by atoms with van der Waals surface area (Å²) in [6.45, 7) is 0. The Morgan fingerprint density at radius 2 is 1.88 bits per heavy atom. The molecule has 3 heterocycles. The van der Waals surface area contributed by atoms with Crippen molar-refractivity contribution in [3.05, 3.63) is 48.0 Å². The molecule has 3 aliphatic heterocycles. The topological polar surface area (TPSA) is 145 Å². The molecule has 3 aliphatic rings. The number of quaternary nitrogens is 1. The Morgan fingerprint density at radius 1 is 1.12 bits per heavy atom. The predicted octanol–water partition coefficient (Wildman–Crippen LogP) is -0.132. The molecule has 10 heteroatoms. The van der Waals surface area contributed by atoms with Gasteiger partial charge >= 0.3 is 0 Å². The van der Waals surface area contributed by atoms with Gasteiger partial charge in [-0.2, -0.15) is 0 Å². The van der Waals surface area contributed by atoms with Gasteiger partial charge in [-0.3, -0.25) is 19.2 Å². The number of anilines is 2. The predicted molar refractivity (Wildman–Crippen MR) is 120 cm³/mol. The molecule has 4 atom stereocenters. The van der Waals surface area contributed by atoms with Crippen LogP contribution in [0, 0.1) is 11.8 Å². The minimum absolute atomic E-state index is 0.0354. The van der Waals surface area contributed by atoms with Crippen molar-refractivity contribution in [2.45, 2.75) is 24.4 Å². The molecule has 5 N–H and O–H groups in total. The average molecular weight is 465 g/mol. The third-order valence-corrected chi connectivity index (χ3v) is 7.13. The first-order chi connectivity index (χ1) is 16.3. The van der Waals surface area contributed by atoms with Gasteiger partial charge in [0.1, 0.15) is 29.4 Å². The third kappa shape index (κ3) is 2.91. The molecule has 0 saturated carbocycles. The summed E-state index contributed by atoms with van der Waals surface area (Å²) in [5, 5.41) is 4.65. The van der Waals surface area contributed by atoms with E-state index in [0.29, 0.717) is 22.7 Å². The van der Waals surface area contributed by atoms with E-state index in [4.69, 9.17) is 15.2 Å². The van der Waals surface area contributed by atoms with Gasteiger partial charge in [-0.1, -0.05) is 18.2 Å². The number of carbonyl (C=O) groups is 4. The number of methoxy groups -OCH3 is 2. The van der Waals surface area contributed by atoms with Crippen LogP contribution < -0.4 is 30.7 Å². The SMILES string of the molecule is COc1ccc(OC)c(N2C(=O)[C@H]3[C@@H](CCC(N)=O)[NH2+][C@]4(C(=O)Nc5ccccc54)[C@H]3C2=O)c1. The molecule has 2 aromatic carbocycles. The van der Waals surface area contributed by atoms with Crippen molar-refractivity contribution in [2.24, 2.45) is 17.6 Å². The second-order valence-electron chi connectivity index (χ2n) is 8.76. The molecule has 4 amide bonds. The van der Waals surface area contributed by atoms with Gasteiger partial charge in [0.05, 0.1) is 25.6 Å². The maximum atomic E-state index is 14.0. The number of imide groups is 1. The fourth-order valence-corrected chi connectivity index (χ4v) is 5.70. The maximum absolute atomic E-state index is 14.0. The van der Waals surface area contributed by atoms with E-state index in [1.165, 1.54) is 14.2 Å². The Morgan fingerprint density at radius 3 is 2.59 bits per heavy atom. The molecule has 1 spiro atoms. The molecule has 2 aromatic rings. The summed E-state index contributed by atoms with van der Waals surface area (Å²) in [5.41, 5.74) is 5.57. The third-order valence-electron chi connectivity index (χ3n) is 7.13. The number of rotatable bonds is 6. The lowest BCUT2D eigenvalue weighted by Gasteiger charge is -2.27. The number of ether oxygens (including phenoxy) is 2. The Bertz CT molecular complexity index is 1230. The zero-order valence-electron chi connectivity index (χ0n) is 18.7. The number of nitrogens with zero attached hydrogens (tertiary/aromatic N) is 1. The lowest BCUT2D eigenvalue weighted by molar-refractivity contribution is -0.733. The molecular weight excluding hydrogens is 440 g/mol. The van der Waals surface area contributed by atoms with Gasteiger partial charge in [0.2, 0.25) is 23.3 Å². The molecule has 176 valence electrons. The molecule has 0 bridgehead atoms. The number of primary amides is 1. The lowest BCUT2D eigenvalue weighted by atomic mass is 9.76. The van der Waals surface area contributed by atoms with Gasteiger partial charge in [-0.05, 0) is 18.2 Å². The Kier molecular flexibility index (Phi) is 5.05. The molecule has 0 aliphatic carbocycles. The van der Waals surface area contributed by atoms with Crippen LogP contribution in [-0.2, 0) is 24.7 Å². The highest BCUT2D eigenvalue weighted by Gasteiger charge is 2.74. The van der Waals surface area contributed by atoms with E-state index in [1.807, 2.05) is 0 Å². The van der Waals surface area contributed by atoms with Crippen molar-refractivity contribution in [3.8, 4) is 11.5 Å². The molecule has 10 nitrogen and oxygen atoms in total. The minimum atomic E-state index is -1.32. The summed E-state index contributed by atoms with van der Waals surface area (Å²) in [7, 11) is 2.93. The van der Waals surface area contributed by atoms with Gasteiger partial charge in [0, 0.05) is 24.5 Å². The van der Waals surface area contributed by atoms with Crippen molar-refractivity contribution >= 4 is 35.0 Å². The Labute approximate surface area is 195 Å². The van der Waals surface area contributed by atoms with Gasteiger partial charge in [-0.15, -0.1) is 0 Å². The van der Waals surface area contributed by atoms with E-state index >= 15 is 0 Å². The van der Waals surface area contributed by atoms with Crippen LogP contribution in [0.2, 0.25) is 0 Å². The smallest absolute Gasteiger partial charge is 0.291 e. The lowest BCUT2D eigenvalue weighted by Crippen LogP contribution is -2.99. The van der Waals surface area contributed by atoms with Crippen LogP contribution >= 0.6 is 0 Å². The first-order valence-electron chi connectivity index (χ1n) is 11.0. The summed E-state index contributed by atoms with van der Waals surface area (Å²) in [4.78, 5) is 53.9. The molecule has 0 radical (unpaired) electrons. The summed E-state index contributed by atoms with van der Waals surface area (Å²) in [6.07, 6.45) is 0.295. The summed E-state index contributed by atoms with van der Waals surface area (Å²) in [6, 6.07) is 11.5. The maximum Gasteiger partial charge on any atom is 0.291 e. The van der Waals surface area contributed by atoms with Crippen LogP contribution in [0.3, 0.4) is 0 Å². The van der Waals surface area contributed by atoms with Crippen molar-refractivity contribution in [1.82, 2.24) is 0 Å². The molecule has 0 unspecified atom stereocenters. The van der Waals surface area contributed by atoms with Gasteiger partial charge in [-0.25, -0.2) is 4.90 Å². The first-order valence-corrected chi connectivity index (χ1v) is 11.0. The molecular formula is C24H25N4O6+. The fourth-order valence-electron chi connectivity index (χ4n) is 5.70. The number of hydrogen-bond donors (Lipinski definition) is 3. The molecule has 5 rings (SSSR count). The highest BCUT2D eigenvalue weighted by atomic mass is 16.5. The van der Waals surface area contributed by atoms with Crippen LogP contribution in [0.1, 0.15) is 18.4 Å². The molecule has 0 aromatic heterocycles. The zero-order valence-corrected chi connectivity index (χ0v) is 18.7. The molecule has 34 heavy (non-hydrogen) atoms. The van der Waals surface area contributed by atoms with Gasteiger partial charge in [0.15, 0.2) is 0 Å². The number of hydrogen-bond acceptors (Lipinski definition) is 6. The van der Waals surface area contributed by atoms with Gasteiger partial charge in [0.25, 0.3) is 5.91 Å². The van der Waals surface area contributed by atoms with Crippen molar-refractivity contribution in [2.75, 3.05) is 24.4 Å².